The molecule has 0 aromatic heterocycles. The van der Waals surface area contributed by atoms with Crippen LogP contribution in [0.2, 0.25) is 0 Å². The molecule has 0 saturated carbocycles. The summed E-state index contributed by atoms with van der Waals surface area (Å²) in [5, 5.41) is 11.8. The van der Waals surface area contributed by atoms with Crippen molar-refractivity contribution in [3.8, 4) is 0 Å². The molecule has 18 heavy (non-hydrogen) atoms. The largest absolute Gasteiger partial charge is 0.478 e. The fourth-order valence-corrected chi connectivity index (χ4v) is 1.91. The number of carboxylic acid groups (broad SMARTS) is 1. The number of hydrogen-bond acceptors (Lipinski definition) is 3. The van der Waals surface area contributed by atoms with Crippen LogP contribution in [0.15, 0.2) is 24.3 Å². The van der Waals surface area contributed by atoms with Crippen molar-refractivity contribution in [3.05, 3.63) is 35.4 Å². The van der Waals surface area contributed by atoms with Crippen LogP contribution in [-0.2, 0) is 4.74 Å². The number of benzene rings is 1. The maximum atomic E-state index is 12.0. The number of carboxylic acids is 1. The molecule has 1 aliphatic rings. The Hall–Kier alpha value is -1.88. The highest BCUT2D eigenvalue weighted by Gasteiger charge is 2.31. The average Bonchev–Trinajstić information content (AvgIpc) is 2.76. The molecule has 1 unspecified atom stereocenters. The third-order valence-corrected chi connectivity index (χ3v) is 3.01. The van der Waals surface area contributed by atoms with Crippen molar-refractivity contribution in [2.24, 2.45) is 0 Å². The molecule has 1 amide bonds. The molecular formula is C13H15NO4. The fourth-order valence-electron chi connectivity index (χ4n) is 1.91. The average molecular weight is 249 g/mol. The number of nitrogens with one attached hydrogen (secondary N) is 1. The number of aromatic carboxylic acids is 1. The number of amides is 1. The summed E-state index contributed by atoms with van der Waals surface area (Å²) in [6.45, 7) is 3.03. The Morgan fingerprint density at radius 3 is 2.72 bits per heavy atom. The van der Waals surface area contributed by atoms with Gasteiger partial charge in [-0.3, -0.25) is 4.79 Å². The summed E-state index contributed by atoms with van der Waals surface area (Å²) >= 11 is 0. The normalized spacial score (nSPS) is 22.7. The van der Waals surface area contributed by atoms with Crippen LogP contribution in [-0.4, -0.2) is 35.7 Å². The highest BCUT2D eigenvalue weighted by Crippen LogP contribution is 2.18. The lowest BCUT2D eigenvalue weighted by molar-refractivity contribution is 0.0697. The second-order valence-electron chi connectivity index (χ2n) is 4.70. The molecule has 1 aromatic rings. The Bertz CT molecular complexity index is 478. The van der Waals surface area contributed by atoms with Crippen LogP contribution in [0.5, 0.6) is 0 Å². The molecule has 0 aliphatic carbocycles. The molecular weight excluding hydrogens is 234 g/mol. The van der Waals surface area contributed by atoms with E-state index in [1.807, 2.05) is 6.92 Å². The molecule has 5 heteroatoms. The number of rotatable bonds is 3. The van der Waals surface area contributed by atoms with Crippen LogP contribution in [0, 0.1) is 0 Å². The van der Waals surface area contributed by atoms with Crippen LogP contribution in [0.25, 0.3) is 0 Å². The van der Waals surface area contributed by atoms with E-state index in [4.69, 9.17) is 9.84 Å². The van der Waals surface area contributed by atoms with Gasteiger partial charge in [0.25, 0.3) is 5.91 Å². The quantitative estimate of drug-likeness (QED) is 0.846. The lowest BCUT2D eigenvalue weighted by atomic mass is 10.0. The summed E-state index contributed by atoms with van der Waals surface area (Å²) < 4.78 is 5.25. The van der Waals surface area contributed by atoms with Crippen molar-refractivity contribution >= 4 is 11.9 Å². The first-order valence-corrected chi connectivity index (χ1v) is 5.74. The zero-order valence-corrected chi connectivity index (χ0v) is 10.1. The Labute approximate surface area is 105 Å². The maximum Gasteiger partial charge on any atom is 0.335 e. The molecule has 1 fully saturated rings. The Morgan fingerprint density at radius 2 is 2.11 bits per heavy atom. The molecule has 1 heterocycles. The predicted molar refractivity (Wildman–Crippen MR) is 64.7 cm³/mol. The van der Waals surface area contributed by atoms with Gasteiger partial charge in [-0.1, -0.05) is 6.07 Å². The molecule has 2 rings (SSSR count). The minimum atomic E-state index is -1.04. The highest BCUT2D eigenvalue weighted by molar-refractivity contribution is 5.97. The standard InChI is InChI=1S/C13H15NO4/c1-13(5-6-18-8-13)14-11(15)9-3-2-4-10(7-9)12(16)17/h2-4,7H,5-6,8H2,1H3,(H,14,15)(H,16,17). The van der Waals surface area contributed by atoms with Gasteiger partial charge in [-0.05, 0) is 31.5 Å². The SMILES string of the molecule is CC1(NC(=O)c2cccc(C(=O)O)c2)CCOC1. The molecule has 1 aromatic carbocycles. The van der Waals surface area contributed by atoms with E-state index in [9.17, 15) is 9.59 Å². The summed E-state index contributed by atoms with van der Waals surface area (Å²) in [6, 6.07) is 5.99. The zero-order chi connectivity index (χ0) is 13.2. The molecule has 96 valence electrons. The molecule has 1 atom stereocenters. The van der Waals surface area contributed by atoms with E-state index in [0.29, 0.717) is 18.8 Å². The van der Waals surface area contributed by atoms with Gasteiger partial charge in [0.2, 0.25) is 0 Å². The van der Waals surface area contributed by atoms with Gasteiger partial charge in [-0.15, -0.1) is 0 Å². The van der Waals surface area contributed by atoms with Gasteiger partial charge in [0.1, 0.15) is 0 Å². The van der Waals surface area contributed by atoms with Crippen LogP contribution in [0.4, 0.5) is 0 Å². The van der Waals surface area contributed by atoms with Crippen molar-refractivity contribution in [1.82, 2.24) is 5.32 Å². The van der Waals surface area contributed by atoms with Crippen LogP contribution < -0.4 is 5.32 Å². The first-order chi connectivity index (χ1) is 8.50. The highest BCUT2D eigenvalue weighted by atomic mass is 16.5. The predicted octanol–water partition coefficient (Wildman–Crippen LogP) is 1.29. The smallest absolute Gasteiger partial charge is 0.335 e. The minimum Gasteiger partial charge on any atom is -0.478 e. The summed E-state index contributed by atoms with van der Waals surface area (Å²) in [5.41, 5.74) is 0.0922. The van der Waals surface area contributed by atoms with Crippen molar-refractivity contribution in [1.29, 1.82) is 0 Å². The van der Waals surface area contributed by atoms with Crippen LogP contribution >= 0.6 is 0 Å². The second-order valence-corrected chi connectivity index (χ2v) is 4.70. The van der Waals surface area contributed by atoms with Gasteiger partial charge in [0, 0.05) is 12.2 Å². The molecule has 1 saturated heterocycles. The molecule has 0 radical (unpaired) electrons. The third-order valence-electron chi connectivity index (χ3n) is 3.01. The van der Waals surface area contributed by atoms with E-state index in [-0.39, 0.29) is 17.0 Å². The van der Waals surface area contributed by atoms with Gasteiger partial charge >= 0.3 is 5.97 Å². The third kappa shape index (κ3) is 2.68. The van der Waals surface area contributed by atoms with E-state index in [0.717, 1.165) is 6.42 Å². The molecule has 5 nitrogen and oxygen atoms in total. The van der Waals surface area contributed by atoms with Crippen molar-refractivity contribution in [2.45, 2.75) is 18.9 Å². The topological polar surface area (TPSA) is 75.6 Å². The van der Waals surface area contributed by atoms with Gasteiger partial charge in [0.15, 0.2) is 0 Å². The molecule has 0 spiro atoms. The summed E-state index contributed by atoms with van der Waals surface area (Å²) in [5.74, 6) is -1.31. The van der Waals surface area contributed by atoms with E-state index < -0.39 is 5.97 Å². The Balaban J connectivity index is 2.13. The Morgan fingerprint density at radius 1 is 1.39 bits per heavy atom. The summed E-state index contributed by atoms with van der Waals surface area (Å²) in [7, 11) is 0. The van der Waals surface area contributed by atoms with E-state index in [1.54, 1.807) is 12.1 Å². The van der Waals surface area contributed by atoms with Crippen LogP contribution in [0.3, 0.4) is 0 Å². The van der Waals surface area contributed by atoms with E-state index in [2.05, 4.69) is 5.32 Å². The number of carbonyl (C=O) groups is 2. The van der Waals surface area contributed by atoms with E-state index in [1.165, 1.54) is 12.1 Å². The first-order valence-electron chi connectivity index (χ1n) is 5.74. The number of hydrogen-bond donors (Lipinski definition) is 2. The molecule has 1 aliphatic heterocycles. The van der Waals surface area contributed by atoms with Crippen LogP contribution in [0.1, 0.15) is 34.1 Å². The molecule has 0 bridgehead atoms. The monoisotopic (exact) mass is 249 g/mol. The summed E-state index contributed by atoms with van der Waals surface area (Å²) in [6.07, 6.45) is 0.761. The maximum absolute atomic E-state index is 12.0. The zero-order valence-electron chi connectivity index (χ0n) is 10.1. The van der Waals surface area contributed by atoms with Gasteiger partial charge < -0.3 is 15.2 Å². The lowest BCUT2D eigenvalue weighted by Crippen LogP contribution is -2.46. The van der Waals surface area contributed by atoms with Gasteiger partial charge in [-0.25, -0.2) is 4.79 Å². The first kappa shape index (κ1) is 12.6. The summed E-state index contributed by atoms with van der Waals surface area (Å²) in [4.78, 5) is 22.9. The van der Waals surface area contributed by atoms with Gasteiger partial charge in [-0.2, -0.15) is 0 Å². The number of ether oxygens (including phenoxy) is 1. The van der Waals surface area contributed by atoms with Crippen molar-refractivity contribution < 1.29 is 19.4 Å². The lowest BCUT2D eigenvalue weighted by Gasteiger charge is -2.23. The molecule has 2 N–H and O–H groups in total. The fraction of sp³-hybridized carbons (Fsp3) is 0.385. The Kier molecular flexibility index (Phi) is 3.34. The minimum absolute atomic E-state index is 0.107. The van der Waals surface area contributed by atoms with Crippen molar-refractivity contribution in [2.75, 3.05) is 13.2 Å². The van der Waals surface area contributed by atoms with Crippen molar-refractivity contribution in [3.63, 3.8) is 0 Å². The van der Waals surface area contributed by atoms with E-state index >= 15 is 0 Å². The van der Waals surface area contributed by atoms with Gasteiger partial charge in [0.05, 0.1) is 17.7 Å². The second kappa shape index (κ2) is 4.78. The number of carbonyl (C=O) groups excluding carboxylic acids is 1.